The van der Waals surface area contributed by atoms with E-state index in [1.165, 1.54) is 6.08 Å². The minimum atomic E-state index is -0.449. The molecule has 0 aliphatic heterocycles. The number of benzene rings is 3. The van der Waals surface area contributed by atoms with Crippen molar-refractivity contribution >= 4 is 5.97 Å². The Balaban J connectivity index is 2.11. The van der Waals surface area contributed by atoms with Crippen LogP contribution in [0.3, 0.4) is 0 Å². The van der Waals surface area contributed by atoms with Crippen molar-refractivity contribution in [1.82, 2.24) is 0 Å². The van der Waals surface area contributed by atoms with Gasteiger partial charge in [0.05, 0.1) is 14.2 Å². The molecule has 0 N–H and O–H groups in total. The summed E-state index contributed by atoms with van der Waals surface area (Å²) >= 11 is 0. The first kappa shape index (κ1) is 19.2. The smallest absolute Gasteiger partial charge is 0.330 e. The molecule has 0 amide bonds. The van der Waals surface area contributed by atoms with Crippen molar-refractivity contribution in [2.45, 2.75) is 6.61 Å². The number of methoxy groups -OCH3 is 2. The Hall–Kier alpha value is -3.53. The molecule has 0 bridgehead atoms. The quantitative estimate of drug-likeness (QED) is 0.418. The highest BCUT2D eigenvalue weighted by atomic mass is 16.5. The van der Waals surface area contributed by atoms with Crippen LogP contribution in [0.4, 0.5) is 0 Å². The molecule has 0 fully saturated rings. The highest BCUT2D eigenvalue weighted by Gasteiger charge is 2.14. The van der Waals surface area contributed by atoms with E-state index in [-0.39, 0.29) is 6.61 Å². The van der Waals surface area contributed by atoms with Crippen molar-refractivity contribution in [1.29, 1.82) is 0 Å². The van der Waals surface area contributed by atoms with Crippen molar-refractivity contribution in [3.8, 4) is 33.8 Å². The molecule has 4 heteroatoms. The van der Waals surface area contributed by atoms with E-state index >= 15 is 0 Å². The lowest BCUT2D eigenvalue weighted by atomic mass is 9.90. The van der Waals surface area contributed by atoms with Gasteiger partial charge in [-0.15, -0.1) is 0 Å². The van der Waals surface area contributed by atoms with Crippen LogP contribution in [0.15, 0.2) is 79.4 Å². The molecule has 0 aliphatic carbocycles. The third-order valence-corrected chi connectivity index (χ3v) is 4.47. The van der Waals surface area contributed by atoms with Crippen LogP contribution < -0.4 is 9.47 Å². The first-order valence-corrected chi connectivity index (χ1v) is 8.86. The second-order valence-electron chi connectivity index (χ2n) is 6.11. The Bertz CT molecular complexity index is 957. The van der Waals surface area contributed by atoms with Crippen molar-refractivity contribution in [3.63, 3.8) is 0 Å². The van der Waals surface area contributed by atoms with E-state index in [4.69, 9.17) is 14.2 Å². The molecule has 0 radical (unpaired) electrons. The zero-order valence-electron chi connectivity index (χ0n) is 16.0. The summed E-state index contributed by atoms with van der Waals surface area (Å²) in [5, 5.41) is 0. The van der Waals surface area contributed by atoms with E-state index in [9.17, 15) is 4.79 Å². The maximum absolute atomic E-state index is 11.6. The highest BCUT2D eigenvalue weighted by Crippen LogP contribution is 2.36. The maximum atomic E-state index is 11.6. The van der Waals surface area contributed by atoms with Crippen LogP contribution in [0.25, 0.3) is 22.3 Å². The molecule has 28 heavy (non-hydrogen) atoms. The second kappa shape index (κ2) is 8.91. The fourth-order valence-corrected chi connectivity index (χ4v) is 3.04. The summed E-state index contributed by atoms with van der Waals surface area (Å²) in [5.41, 5.74) is 5.02. The Labute approximate surface area is 165 Å². The monoisotopic (exact) mass is 374 g/mol. The number of hydrogen-bond acceptors (Lipinski definition) is 4. The molecule has 0 spiro atoms. The number of rotatable bonds is 7. The van der Waals surface area contributed by atoms with Crippen LogP contribution in [-0.4, -0.2) is 20.2 Å². The molecule has 3 aromatic rings. The number of carbonyl (C=O) groups is 1. The van der Waals surface area contributed by atoms with Crippen LogP contribution in [0.5, 0.6) is 11.5 Å². The number of esters is 1. The van der Waals surface area contributed by atoms with Crippen LogP contribution >= 0.6 is 0 Å². The summed E-state index contributed by atoms with van der Waals surface area (Å²) in [6.45, 7) is 3.62. The molecule has 0 heterocycles. The third kappa shape index (κ3) is 4.23. The predicted octanol–water partition coefficient (Wildman–Crippen LogP) is 5.27. The van der Waals surface area contributed by atoms with Gasteiger partial charge in [0.25, 0.3) is 0 Å². The van der Waals surface area contributed by atoms with Gasteiger partial charge in [0.1, 0.15) is 18.1 Å². The average Bonchev–Trinajstić information content (AvgIpc) is 2.77. The second-order valence-corrected chi connectivity index (χ2v) is 6.11. The van der Waals surface area contributed by atoms with Gasteiger partial charge < -0.3 is 14.2 Å². The van der Waals surface area contributed by atoms with Crippen LogP contribution in [0, 0.1) is 0 Å². The number of carbonyl (C=O) groups excluding carboxylic acids is 1. The van der Waals surface area contributed by atoms with Gasteiger partial charge in [-0.25, -0.2) is 4.79 Å². The summed E-state index contributed by atoms with van der Waals surface area (Å²) in [5.74, 6) is 1.13. The van der Waals surface area contributed by atoms with E-state index in [0.29, 0.717) is 0 Å². The van der Waals surface area contributed by atoms with Gasteiger partial charge in [-0.2, -0.15) is 0 Å². The summed E-state index contributed by atoms with van der Waals surface area (Å²) in [6.07, 6.45) is 1.17. The minimum absolute atomic E-state index is 0.163. The first-order valence-electron chi connectivity index (χ1n) is 8.86. The summed E-state index contributed by atoms with van der Waals surface area (Å²) in [4.78, 5) is 11.6. The third-order valence-electron chi connectivity index (χ3n) is 4.47. The van der Waals surface area contributed by atoms with E-state index < -0.39 is 5.97 Å². The Morgan fingerprint density at radius 3 is 1.96 bits per heavy atom. The normalized spacial score (nSPS) is 10.2. The number of hydrogen-bond donors (Lipinski definition) is 0. The zero-order chi connectivity index (χ0) is 19.9. The molecule has 0 aliphatic rings. The Morgan fingerprint density at radius 1 is 0.857 bits per heavy atom. The largest absolute Gasteiger partial charge is 0.497 e. The van der Waals surface area contributed by atoms with Gasteiger partial charge in [0, 0.05) is 6.08 Å². The van der Waals surface area contributed by atoms with Gasteiger partial charge in [-0.1, -0.05) is 49.0 Å². The van der Waals surface area contributed by atoms with E-state index in [2.05, 4.69) is 12.6 Å². The van der Waals surface area contributed by atoms with Gasteiger partial charge in [0.15, 0.2) is 0 Å². The summed E-state index contributed by atoms with van der Waals surface area (Å²) < 4.78 is 15.9. The lowest BCUT2D eigenvalue weighted by Gasteiger charge is -2.16. The molecular formula is C24H22O4. The summed E-state index contributed by atoms with van der Waals surface area (Å²) in [6, 6.07) is 21.7. The molecular weight excluding hydrogens is 352 g/mol. The fraction of sp³-hybridized carbons (Fsp3) is 0.125. The summed E-state index contributed by atoms with van der Waals surface area (Å²) in [7, 11) is 3.28. The van der Waals surface area contributed by atoms with Gasteiger partial charge in [-0.05, 0) is 52.1 Å². The van der Waals surface area contributed by atoms with Gasteiger partial charge in [-0.3, -0.25) is 0 Å². The SMILES string of the molecule is C=CC(=O)OCc1cccc(-c2ccc(OC)cc2)c1-c1ccc(OC)cc1. The van der Waals surface area contributed by atoms with E-state index in [1.807, 2.05) is 60.7 Å². The fourth-order valence-electron chi connectivity index (χ4n) is 3.04. The molecule has 0 saturated heterocycles. The lowest BCUT2D eigenvalue weighted by molar-refractivity contribution is -0.138. The molecule has 3 aromatic carbocycles. The van der Waals surface area contributed by atoms with E-state index in [1.54, 1.807) is 14.2 Å². The topological polar surface area (TPSA) is 44.8 Å². The highest BCUT2D eigenvalue weighted by molar-refractivity contribution is 5.86. The Kier molecular flexibility index (Phi) is 6.12. The van der Waals surface area contributed by atoms with Crippen molar-refractivity contribution in [2.24, 2.45) is 0 Å². The molecule has 142 valence electrons. The Morgan fingerprint density at radius 2 is 1.43 bits per heavy atom. The lowest BCUT2D eigenvalue weighted by Crippen LogP contribution is -2.02. The molecule has 0 unspecified atom stereocenters. The number of ether oxygens (including phenoxy) is 3. The van der Waals surface area contributed by atoms with Crippen molar-refractivity contribution in [3.05, 3.63) is 84.9 Å². The van der Waals surface area contributed by atoms with Crippen LogP contribution in [-0.2, 0) is 16.1 Å². The molecule has 0 aromatic heterocycles. The zero-order valence-corrected chi connectivity index (χ0v) is 16.0. The van der Waals surface area contributed by atoms with Crippen molar-refractivity contribution in [2.75, 3.05) is 14.2 Å². The standard InChI is InChI=1S/C24H22O4/c1-4-23(25)28-16-19-6-5-7-22(17-8-12-20(26-2)13-9-17)24(19)18-10-14-21(27-3)15-11-18/h4-15H,1,16H2,2-3H3. The minimum Gasteiger partial charge on any atom is -0.497 e. The van der Waals surface area contributed by atoms with Gasteiger partial charge in [0.2, 0.25) is 0 Å². The molecule has 0 saturated carbocycles. The van der Waals surface area contributed by atoms with Gasteiger partial charge >= 0.3 is 5.97 Å². The maximum Gasteiger partial charge on any atom is 0.330 e. The van der Waals surface area contributed by atoms with Crippen molar-refractivity contribution < 1.29 is 19.0 Å². The molecule has 0 atom stereocenters. The molecule has 3 rings (SSSR count). The van der Waals surface area contributed by atoms with Crippen LogP contribution in [0.1, 0.15) is 5.56 Å². The molecule has 4 nitrogen and oxygen atoms in total. The van der Waals surface area contributed by atoms with Crippen LogP contribution in [0.2, 0.25) is 0 Å². The van der Waals surface area contributed by atoms with E-state index in [0.717, 1.165) is 39.3 Å². The average molecular weight is 374 g/mol. The first-order chi connectivity index (χ1) is 13.7. The predicted molar refractivity (Wildman–Crippen MR) is 110 cm³/mol.